The Balaban J connectivity index is 1.28. The topological polar surface area (TPSA) is 154 Å². The van der Waals surface area contributed by atoms with Gasteiger partial charge in [-0.3, -0.25) is 10.3 Å². The van der Waals surface area contributed by atoms with E-state index in [0.717, 1.165) is 61.7 Å². The Morgan fingerprint density at radius 2 is 1.90 bits per heavy atom. The van der Waals surface area contributed by atoms with Gasteiger partial charge in [-0.15, -0.1) is 0 Å². The van der Waals surface area contributed by atoms with Crippen LogP contribution in [0.25, 0.3) is 17.2 Å². The van der Waals surface area contributed by atoms with Gasteiger partial charge in [0.05, 0.1) is 31.8 Å². The fourth-order valence-electron chi connectivity index (χ4n) is 9.78. The molecule has 0 saturated heterocycles. The van der Waals surface area contributed by atoms with Crippen molar-refractivity contribution in [1.82, 2.24) is 10.6 Å². The number of aryl methyl sites for hydroxylation is 1. The summed E-state index contributed by atoms with van der Waals surface area (Å²) in [5.74, 6) is 8.90. The van der Waals surface area contributed by atoms with Gasteiger partial charge < -0.3 is 44.7 Å². The number of rotatable bonds is 10. The molecule has 2 bridgehead atoms. The van der Waals surface area contributed by atoms with Crippen LogP contribution in [0.3, 0.4) is 0 Å². The zero-order chi connectivity index (χ0) is 40.0. The van der Waals surface area contributed by atoms with Crippen LogP contribution in [0.1, 0.15) is 70.2 Å². The Bertz CT molecular complexity index is 2440. The van der Waals surface area contributed by atoms with Gasteiger partial charge in [0.2, 0.25) is 0 Å². The molecule has 4 aromatic rings. The quantitative estimate of drug-likeness (QED) is 0.104. The first kappa shape index (κ1) is 38.4. The molecule has 11 heteroatoms. The van der Waals surface area contributed by atoms with E-state index in [1.54, 1.807) is 6.07 Å². The average molecular weight is 786 g/mol. The Kier molecular flexibility index (Phi) is 10.6. The number of likely N-dealkylation sites (N-methyl/N-ethyl adjacent to an activating group) is 1. The number of benzene rings is 4. The zero-order valence-corrected chi connectivity index (χ0v) is 33.1. The summed E-state index contributed by atoms with van der Waals surface area (Å²) in [5.41, 5.74) is 7.62. The summed E-state index contributed by atoms with van der Waals surface area (Å²) in [4.78, 5) is 4.60. The predicted molar refractivity (Wildman–Crippen MR) is 219 cm³/mol. The fraction of sp³-hybridized carbons (Fsp3) is 0.426. The molecule has 9 rings (SSSR count). The maximum absolute atomic E-state index is 11.4. The molecule has 0 amide bonds. The molecule has 0 saturated carbocycles. The van der Waals surface area contributed by atoms with Gasteiger partial charge in [-0.2, -0.15) is 0 Å². The van der Waals surface area contributed by atoms with Crippen molar-refractivity contribution in [2.45, 2.75) is 81.1 Å². The van der Waals surface area contributed by atoms with Crippen LogP contribution in [0.2, 0.25) is 0 Å². The highest BCUT2D eigenvalue weighted by Gasteiger charge is 2.54. The van der Waals surface area contributed by atoms with E-state index in [2.05, 4.69) is 51.7 Å². The van der Waals surface area contributed by atoms with Crippen molar-refractivity contribution in [2.24, 2.45) is 4.99 Å². The third-order valence-corrected chi connectivity index (χ3v) is 12.5. The Morgan fingerprint density at radius 3 is 2.72 bits per heavy atom. The number of ether oxygens (including phenoxy) is 4. The van der Waals surface area contributed by atoms with Gasteiger partial charge in [0.15, 0.2) is 17.6 Å². The minimum absolute atomic E-state index is 0.00982. The molecule has 0 radical (unpaired) electrons. The summed E-state index contributed by atoms with van der Waals surface area (Å²) in [6.07, 6.45) is 5.47. The number of hydrogen-bond donors (Lipinski definition) is 6. The van der Waals surface area contributed by atoms with E-state index in [1.165, 1.54) is 5.56 Å². The molecule has 6 N–H and O–H groups in total. The van der Waals surface area contributed by atoms with E-state index < -0.39 is 17.7 Å². The normalized spacial score (nSPS) is 23.5. The SMILES string of the molecule is CNCO[C@]12Cc3c4c(c5c(c3O[C@@H]1c1cc(CCCO)c(O)c(c1)OCCC#C[C@H]2NC)CC[C@@H](CO)O5)-c1ccc(O)cc1[C@H](Cc1ccc2c(c1)=CCN=2)C4. The third-order valence-electron chi connectivity index (χ3n) is 12.5. The molecule has 0 spiro atoms. The maximum Gasteiger partial charge on any atom is 0.161 e. The molecule has 1 aliphatic carbocycles. The van der Waals surface area contributed by atoms with Crippen LogP contribution >= 0.6 is 0 Å². The predicted octanol–water partition coefficient (Wildman–Crippen LogP) is 3.65. The lowest BCUT2D eigenvalue weighted by Crippen LogP contribution is -2.60. The number of aliphatic hydroxyl groups is 2. The highest BCUT2D eigenvalue weighted by molar-refractivity contribution is 5.85. The van der Waals surface area contributed by atoms with Gasteiger partial charge in [-0.1, -0.05) is 30.0 Å². The lowest BCUT2D eigenvalue weighted by molar-refractivity contribution is -0.140. The van der Waals surface area contributed by atoms with Crippen molar-refractivity contribution >= 4 is 6.08 Å². The van der Waals surface area contributed by atoms with Crippen LogP contribution in [-0.2, 0) is 36.8 Å². The van der Waals surface area contributed by atoms with E-state index in [0.29, 0.717) is 68.6 Å². The Morgan fingerprint density at radius 1 is 1.00 bits per heavy atom. The second-order valence-corrected chi connectivity index (χ2v) is 16.0. The highest BCUT2D eigenvalue weighted by atomic mass is 16.6. The molecule has 11 nitrogen and oxygen atoms in total. The monoisotopic (exact) mass is 785 g/mol. The number of fused-ring (bicyclic) bond motifs is 13. The summed E-state index contributed by atoms with van der Waals surface area (Å²) in [7, 11) is 3.75. The molecule has 0 aromatic heterocycles. The number of hydrogen-bond acceptors (Lipinski definition) is 11. The Hall–Kier alpha value is -5.09. The van der Waals surface area contributed by atoms with E-state index in [4.69, 9.17) is 18.9 Å². The van der Waals surface area contributed by atoms with Crippen LogP contribution in [0.4, 0.5) is 0 Å². The van der Waals surface area contributed by atoms with Crippen LogP contribution in [0.5, 0.6) is 28.7 Å². The second kappa shape index (κ2) is 15.9. The van der Waals surface area contributed by atoms with Crippen molar-refractivity contribution in [1.29, 1.82) is 0 Å². The minimum Gasteiger partial charge on any atom is -0.508 e. The van der Waals surface area contributed by atoms with Crippen molar-refractivity contribution < 1.29 is 39.4 Å². The molecule has 0 fully saturated rings. The smallest absolute Gasteiger partial charge is 0.161 e. The lowest BCUT2D eigenvalue weighted by Gasteiger charge is -2.49. The molecule has 302 valence electrons. The number of phenols is 2. The van der Waals surface area contributed by atoms with Gasteiger partial charge in [0.1, 0.15) is 35.0 Å². The summed E-state index contributed by atoms with van der Waals surface area (Å²) < 4.78 is 27.5. The van der Waals surface area contributed by atoms with E-state index in [1.807, 2.05) is 38.4 Å². The summed E-state index contributed by atoms with van der Waals surface area (Å²) in [6.45, 7) is 1.06. The lowest BCUT2D eigenvalue weighted by atomic mass is 9.69. The van der Waals surface area contributed by atoms with Crippen LogP contribution in [0.15, 0.2) is 53.5 Å². The molecular formula is C47H51N3O8. The van der Waals surface area contributed by atoms with E-state index in [9.17, 15) is 20.4 Å². The largest absolute Gasteiger partial charge is 0.508 e. The number of nitrogens with zero attached hydrogens (tertiary/aromatic N) is 1. The zero-order valence-electron chi connectivity index (χ0n) is 33.1. The number of aliphatic hydroxyl groups excluding tert-OH is 2. The Labute approximate surface area is 338 Å². The van der Waals surface area contributed by atoms with Crippen molar-refractivity contribution in [3.63, 3.8) is 0 Å². The average Bonchev–Trinajstić information content (AvgIpc) is 3.71. The maximum atomic E-state index is 11.4. The fourth-order valence-corrected chi connectivity index (χ4v) is 9.78. The van der Waals surface area contributed by atoms with Gasteiger partial charge >= 0.3 is 0 Å². The van der Waals surface area contributed by atoms with Gasteiger partial charge in [-0.25, -0.2) is 0 Å². The third kappa shape index (κ3) is 6.67. The van der Waals surface area contributed by atoms with Crippen LogP contribution < -0.4 is 35.4 Å². The molecule has 5 aliphatic rings. The molecule has 4 heterocycles. The minimum atomic E-state index is -1.08. The highest BCUT2D eigenvalue weighted by Crippen LogP contribution is 2.58. The van der Waals surface area contributed by atoms with Crippen molar-refractivity contribution in [3.05, 3.63) is 98.1 Å². The van der Waals surface area contributed by atoms with Crippen molar-refractivity contribution in [2.75, 3.05) is 47.2 Å². The molecule has 4 aliphatic heterocycles. The molecule has 4 aromatic carbocycles. The van der Waals surface area contributed by atoms with E-state index >= 15 is 0 Å². The first-order chi connectivity index (χ1) is 28.3. The van der Waals surface area contributed by atoms with Gasteiger partial charge in [0.25, 0.3) is 0 Å². The first-order valence-electron chi connectivity index (χ1n) is 20.5. The second-order valence-electron chi connectivity index (χ2n) is 16.0. The van der Waals surface area contributed by atoms with E-state index in [-0.39, 0.29) is 50.1 Å². The number of aromatic hydroxyl groups is 2. The molecule has 5 atom stereocenters. The first-order valence-corrected chi connectivity index (χ1v) is 20.5. The number of nitrogens with one attached hydrogen (secondary N) is 2. The van der Waals surface area contributed by atoms with Gasteiger partial charge in [-0.05, 0) is 134 Å². The van der Waals surface area contributed by atoms with Crippen LogP contribution in [0, 0.1) is 11.8 Å². The number of phenolic OH excluding ortho intramolecular Hbond substituents is 2. The summed E-state index contributed by atoms with van der Waals surface area (Å²) >= 11 is 0. The van der Waals surface area contributed by atoms with Crippen molar-refractivity contribution in [3.8, 4) is 51.7 Å². The summed E-state index contributed by atoms with van der Waals surface area (Å²) in [6, 6.07) is 15.5. The molecular weight excluding hydrogens is 735 g/mol. The van der Waals surface area contributed by atoms with Crippen LogP contribution in [-0.4, -0.2) is 85.4 Å². The molecule has 58 heavy (non-hydrogen) atoms. The molecule has 0 unspecified atom stereocenters. The summed E-state index contributed by atoms with van der Waals surface area (Å²) in [5, 5.41) is 51.4. The standard InChI is InChI=1S/C47H51N3O8/c1-48-26-56-47-24-38-37-21-30(19-27-8-13-39-28(18-27)14-15-50-39)36-23-32(53)9-11-34(36)42(37)45-35(12-10-33(25-52)57-45)44(38)58-46(47)31-20-29(6-5-16-51)43(54)40(22-31)55-17-4-3-7-41(47)49-2/h8-9,11,13-14,18,20,22-23,30,33,41,46,48-49,51-54H,4-6,10,12,15-17,19,21,24-26H2,1-2H3/t30-,33+,41-,46-,47+/m1/s1. The van der Waals surface area contributed by atoms with Gasteiger partial charge in [0, 0.05) is 36.1 Å².